The first-order valence-electron chi connectivity index (χ1n) is 26.6. The lowest BCUT2D eigenvalue weighted by atomic mass is 10.0. The molecule has 6 nitrogen and oxygen atoms in total. The highest BCUT2D eigenvalue weighted by molar-refractivity contribution is 5.71. The molecule has 1 unspecified atom stereocenters. The van der Waals surface area contributed by atoms with E-state index in [2.05, 4.69) is 69.4 Å². The molecule has 0 aromatic carbocycles. The van der Waals surface area contributed by atoms with Crippen molar-refractivity contribution < 1.29 is 28.6 Å². The normalized spacial score (nSPS) is 12.4. The first-order valence-corrected chi connectivity index (χ1v) is 26.6. The van der Waals surface area contributed by atoms with Gasteiger partial charge in [-0.1, -0.05) is 243 Å². The summed E-state index contributed by atoms with van der Waals surface area (Å²) in [6, 6.07) is 0. The largest absolute Gasteiger partial charge is 0.462 e. The number of ether oxygens (including phenoxy) is 3. The lowest BCUT2D eigenvalue weighted by Gasteiger charge is -2.18. The van der Waals surface area contributed by atoms with E-state index < -0.39 is 6.10 Å². The number of unbranched alkanes of at least 4 members (excludes halogenated alkanes) is 29. The molecule has 1 atom stereocenters. The van der Waals surface area contributed by atoms with Gasteiger partial charge >= 0.3 is 17.9 Å². The van der Waals surface area contributed by atoms with Crippen molar-refractivity contribution in [3.05, 3.63) is 48.6 Å². The highest BCUT2D eigenvalue weighted by Crippen LogP contribution is 2.16. The Kier molecular flexibility index (Phi) is 48.8. The van der Waals surface area contributed by atoms with Crippen molar-refractivity contribution in [1.29, 1.82) is 0 Å². The van der Waals surface area contributed by atoms with Crippen LogP contribution in [0.15, 0.2) is 48.6 Å². The van der Waals surface area contributed by atoms with Crippen LogP contribution in [0.4, 0.5) is 0 Å². The summed E-state index contributed by atoms with van der Waals surface area (Å²) in [5.74, 6) is -0.935. The van der Waals surface area contributed by atoms with E-state index in [0.29, 0.717) is 19.3 Å². The maximum absolute atomic E-state index is 12.8. The van der Waals surface area contributed by atoms with Crippen LogP contribution in [-0.2, 0) is 28.6 Å². The van der Waals surface area contributed by atoms with Crippen LogP contribution in [0.1, 0.15) is 271 Å². The van der Waals surface area contributed by atoms with Gasteiger partial charge in [-0.2, -0.15) is 0 Å². The van der Waals surface area contributed by atoms with Gasteiger partial charge in [0, 0.05) is 19.3 Å². The minimum Gasteiger partial charge on any atom is -0.462 e. The molecule has 0 amide bonds. The van der Waals surface area contributed by atoms with Crippen LogP contribution >= 0.6 is 0 Å². The molecule has 0 spiro atoms. The van der Waals surface area contributed by atoms with Crippen LogP contribution in [0.25, 0.3) is 0 Å². The fourth-order valence-electron chi connectivity index (χ4n) is 7.55. The van der Waals surface area contributed by atoms with E-state index in [1.165, 1.54) is 161 Å². The summed E-state index contributed by atoms with van der Waals surface area (Å²) in [7, 11) is 0. The molecule has 0 N–H and O–H groups in total. The molecule has 0 heterocycles. The van der Waals surface area contributed by atoms with Gasteiger partial charge in [0.05, 0.1) is 0 Å². The zero-order chi connectivity index (χ0) is 45.1. The average Bonchev–Trinajstić information content (AvgIpc) is 3.27. The topological polar surface area (TPSA) is 78.9 Å². The molecule has 0 rings (SSSR count). The number of esters is 3. The third-order valence-electron chi connectivity index (χ3n) is 11.6. The third-order valence-corrected chi connectivity index (χ3v) is 11.6. The molecule has 0 radical (unpaired) electrons. The van der Waals surface area contributed by atoms with Crippen molar-refractivity contribution in [1.82, 2.24) is 0 Å². The van der Waals surface area contributed by atoms with Crippen molar-refractivity contribution in [3.8, 4) is 0 Å². The van der Waals surface area contributed by atoms with Crippen LogP contribution in [0, 0.1) is 0 Å². The first-order chi connectivity index (χ1) is 30.5. The minimum atomic E-state index is -0.790. The summed E-state index contributed by atoms with van der Waals surface area (Å²) >= 11 is 0. The second kappa shape index (κ2) is 51.0. The summed E-state index contributed by atoms with van der Waals surface area (Å²) in [6.45, 7) is 6.58. The Bertz CT molecular complexity index is 1090. The molecular weight excluding hydrogens is 769 g/mol. The van der Waals surface area contributed by atoms with Crippen molar-refractivity contribution in [2.24, 2.45) is 0 Å². The molecule has 0 aliphatic rings. The standard InChI is InChI=1S/C56H100O6/c1-4-7-10-13-16-19-22-24-26-28-30-31-34-37-40-43-46-49-55(58)61-52-53(51-60-54(57)48-45-42-39-36-33-21-18-15-12-9-6-3)62-56(59)50-47-44-41-38-35-32-29-27-25-23-20-17-14-11-8-5-2/h16,19,24,26,30-31,37,40,53H,4-15,17-18,20-23,25,27-29,32-36,38-39,41-52H2,1-3H3/b19-16-,26-24-,31-30-,40-37-. The van der Waals surface area contributed by atoms with E-state index in [4.69, 9.17) is 14.2 Å². The van der Waals surface area contributed by atoms with Crippen molar-refractivity contribution >= 4 is 17.9 Å². The van der Waals surface area contributed by atoms with Gasteiger partial charge in [-0.3, -0.25) is 14.4 Å². The minimum absolute atomic E-state index is 0.0862. The molecule has 0 aromatic heterocycles. The predicted molar refractivity (Wildman–Crippen MR) is 265 cm³/mol. The summed E-state index contributed by atoms with van der Waals surface area (Å²) in [6.07, 6.45) is 61.0. The van der Waals surface area contributed by atoms with E-state index in [-0.39, 0.29) is 37.5 Å². The number of rotatable bonds is 48. The fourth-order valence-corrected chi connectivity index (χ4v) is 7.55. The van der Waals surface area contributed by atoms with E-state index in [1.807, 2.05) is 0 Å². The Morgan fingerprint density at radius 1 is 0.323 bits per heavy atom. The van der Waals surface area contributed by atoms with Gasteiger partial charge < -0.3 is 14.2 Å². The maximum atomic E-state index is 12.8. The number of hydrogen-bond donors (Lipinski definition) is 0. The lowest BCUT2D eigenvalue weighted by molar-refractivity contribution is -0.167. The van der Waals surface area contributed by atoms with Crippen LogP contribution < -0.4 is 0 Å². The molecule has 0 fully saturated rings. The predicted octanol–water partition coefficient (Wildman–Crippen LogP) is 17.5. The van der Waals surface area contributed by atoms with E-state index in [0.717, 1.165) is 64.2 Å². The monoisotopic (exact) mass is 869 g/mol. The van der Waals surface area contributed by atoms with E-state index >= 15 is 0 Å². The molecule has 0 saturated carbocycles. The van der Waals surface area contributed by atoms with Gasteiger partial charge in [-0.25, -0.2) is 0 Å². The summed E-state index contributed by atoms with van der Waals surface area (Å²) < 4.78 is 16.8. The molecule has 0 aromatic rings. The third kappa shape index (κ3) is 48.4. The van der Waals surface area contributed by atoms with Gasteiger partial charge in [0.25, 0.3) is 0 Å². The Morgan fingerprint density at radius 2 is 0.597 bits per heavy atom. The van der Waals surface area contributed by atoms with Crippen molar-refractivity contribution in [2.75, 3.05) is 13.2 Å². The quantitative estimate of drug-likeness (QED) is 0.0262. The second-order valence-electron chi connectivity index (χ2n) is 17.8. The Morgan fingerprint density at radius 3 is 0.968 bits per heavy atom. The molecule has 6 heteroatoms. The van der Waals surface area contributed by atoms with E-state index in [9.17, 15) is 14.4 Å². The van der Waals surface area contributed by atoms with Gasteiger partial charge in [0.1, 0.15) is 13.2 Å². The Balaban J connectivity index is 4.42. The molecule has 0 aliphatic heterocycles. The summed E-state index contributed by atoms with van der Waals surface area (Å²) in [5, 5.41) is 0. The lowest BCUT2D eigenvalue weighted by Crippen LogP contribution is -2.30. The summed E-state index contributed by atoms with van der Waals surface area (Å²) in [5.41, 5.74) is 0. The second-order valence-corrected chi connectivity index (χ2v) is 17.8. The molecule has 0 aliphatic carbocycles. The number of allylic oxidation sites excluding steroid dienone is 8. The fraction of sp³-hybridized carbons (Fsp3) is 0.804. The summed E-state index contributed by atoms with van der Waals surface area (Å²) in [4.78, 5) is 37.9. The highest BCUT2D eigenvalue weighted by atomic mass is 16.6. The van der Waals surface area contributed by atoms with Crippen LogP contribution in [0.5, 0.6) is 0 Å². The van der Waals surface area contributed by atoms with Gasteiger partial charge in [0.2, 0.25) is 0 Å². The average molecular weight is 869 g/mol. The Labute approximate surface area is 384 Å². The molecular formula is C56H100O6. The van der Waals surface area contributed by atoms with Crippen molar-refractivity contribution in [3.63, 3.8) is 0 Å². The number of carbonyl (C=O) groups excluding carboxylic acids is 3. The van der Waals surface area contributed by atoms with Gasteiger partial charge in [-0.15, -0.1) is 0 Å². The molecule has 62 heavy (non-hydrogen) atoms. The molecule has 0 bridgehead atoms. The van der Waals surface area contributed by atoms with Crippen LogP contribution in [0.3, 0.4) is 0 Å². The van der Waals surface area contributed by atoms with Gasteiger partial charge in [0.15, 0.2) is 6.10 Å². The van der Waals surface area contributed by atoms with E-state index in [1.54, 1.807) is 0 Å². The van der Waals surface area contributed by atoms with Crippen LogP contribution in [0.2, 0.25) is 0 Å². The van der Waals surface area contributed by atoms with Crippen molar-refractivity contribution in [2.45, 2.75) is 277 Å². The SMILES string of the molecule is CCCCC/C=C\C/C=C\C/C=C\C/C=C\CCCC(=O)OCC(COC(=O)CCCCCCCCCCCCC)OC(=O)CCCCCCCCCCCCCCCCCC. The zero-order valence-corrected chi connectivity index (χ0v) is 41.1. The molecule has 0 saturated heterocycles. The maximum Gasteiger partial charge on any atom is 0.306 e. The smallest absolute Gasteiger partial charge is 0.306 e. The van der Waals surface area contributed by atoms with Crippen LogP contribution in [-0.4, -0.2) is 37.2 Å². The number of hydrogen-bond acceptors (Lipinski definition) is 6. The zero-order valence-electron chi connectivity index (χ0n) is 41.1. The Hall–Kier alpha value is -2.63. The number of carbonyl (C=O) groups is 3. The molecule has 360 valence electrons. The van der Waals surface area contributed by atoms with Gasteiger partial charge in [-0.05, 0) is 57.8 Å². The first kappa shape index (κ1) is 59.4. The highest BCUT2D eigenvalue weighted by Gasteiger charge is 2.19.